The SMILES string of the molecule is C=C(C)COOCCOC(=O)NCCCCCCN(N(C=O)CCCCCCOC#N)N(C=O)CCCCCCOC#N.C=CCNC(=O)CCCCCCCN(N(C=O)CCCCCCOC#N)N(C=O)CCCCCCOC#N.C=CCOC(=O)CCCCCCCN(N(C=O)CCCCCCOC#N)N(C=O)CCCCCCOC#N. The minimum absolute atomic E-state index is 0.0366. The molecular weight excluding hydrogens is 1540 g/mol. The molecule has 2 N–H and O–H groups in total. The van der Waals surface area contributed by atoms with Crippen LogP contribution in [0.2, 0.25) is 0 Å². The first-order valence-electron chi connectivity index (χ1n) is 42.4. The number of hydrazine groups is 6. The summed E-state index contributed by atoms with van der Waals surface area (Å²) in [5.74, 6) is -0.177. The van der Waals surface area contributed by atoms with Crippen LogP contribution in [0.4, 0.5) is 4.79 Å². The zero-order valence-electron chi connectivity index (χ0n) is 71.3. The first-order chi connectivity index (χ1) is 58.3. The van der Waals surface area contributed by atoms with Gasteiger partial charge in [-0.05, 0) is 161 Å². The normalized spacial score (nSPS) is 10.2. The fourth-order valence-corrected chi connectivity index (χ4v) is 11.6. The molecule has 0 heterocycles. The highest BCUT2D eigenvalue weighted by Crippen LogP contribution is 2.17. The van der Waals surface area contributed by atoms with Gasteiger partial charge < -0.3 is 48.5 Å². The van der Waals surface area contributed by atoms with Crippen molar-refractivity contribution in [3.05, 3.63) is 37.5 Å². The number of esters is 1. The third-order valence-electron chi connectivity index (χ3n) is 17.8. The van der Waals surface area contributed by atoms with Gasteiger partial charge in [0.1, 0.15) is 66.1 Å². The van der Waals surface area contributed by atoms with Crippen LogP contribution in [0, 0.1) is 69.1 Å². The van der Waals surface area contributed by atoms with Gasteiger partial charge in [-0.15, -0.1) is 21.9 Å². The van der Waals surface area contributed by atoms with Crippen molar-refractivity contribution in [3.63, 3.8) is 0 Å². The molecule has 0 saturated heterocycles. The number of hydrogen-bond acceptors (Lipinski definition) is 28. The van der Waals surface area contributed by atoms with Crippen molar-refractivity contribution in [2.45, 2.75) is 264 Å². The van der Waals surface area contributed by atoms with Crippen LogP contribution in [0.1, 0.15) is 264 Å². The smallest absolute Gasteiger partial charge is 0.407 e. The highest BCUT2D eigenvalue weighted by molar-refractivity contribution is 5.75. The van der Waals surface area contributed by atoms with Gasteiger partial charge in [0.15, 0.2) is 0 Å². The standard InChI is InChI=1S/C29H50N6O8.C27H46N6O5.C27H45N5O6/c1-28(2)23-43-42-22-21-41-29(38)32-15-9-3-4-12-18-35(33(26-36)16-10-5-7-13-19-39-24-30)34(27-37)17-11-6-8-14-20-40-25-31;1-2-17-30-27(36)16-10-4-3-5-13-20-33(31(25-34)18-11-6-8-14-21-37-23-28)32(26-35)19-12-7-9-15-22-38-24-29;1-2-20-38-27(35)16-10-4-3-5-13-19-32(30(25-33)17-11-6-8-14-21-36-23-28)31(26-34)18-12-7-9-15-22-37-24-29/h26-27H,1,3-23H2,2H3,(H,32,38);2,25-26H,1,3-22H2,(H,30,36);2,25-26H,1,3-22H2. The summed E-state index contributed by atoms with van der Waals surface area (Å²) in [4.78, 5) is 117. The van der Waals surface area contributed by atoms with Gasteiger partial charge in [0.2, 0.25) is 44.4 Å². The Hall–Kier alpha value is -10.2. The largest absolute Gasteiger partial charge is 0.461 e. The number of ether oxygens (including phenoxy) is 8. The predicted octanol–water partition coefficient (Wildman–Crippen LogP) is 12.0. The number of unbranched alkanes of at least 4 members (excludes halogenated alkanes) is 29. The first-order valence-corrected chi connectivity index (χ1v) is 42.4. The van der Waals surface area contributed by atoms with Gasteiger partial charge >= 0.3 is 12.1 Å². The third kappa shape index (κ3) is 75.0. The zero-order chi connectivity index (χ0) is 88.0. The zero-order valence-corrected chi connectivity index (χ0v) is 71.3. The van der Waals surface area contributed by atoms with E-state index in [0.717, 1.165) is 288 Å². The predicted molar refractivity (Wildman–Crippen MR) is 441 cm³/mol. The summed E-state index contributed by atoms with van der Waals surface area (Å²) in [5.41, 5.74) is 0.826. The number of hydrogen-bond donors (Lipinski definition) is 2. The van der Waals surface area contributed by atoms with Crippen LogP contribution >= 0.6 is 0 Å². The lowest BCUT2D eigenvalue weighted by atomic mass is 10.1. The summed E-state index contributed by atoms with van der Waals surface area (Å²) < 4.78 is 38.1. The molecule has 0 aromatic heterocycles. The van der Waals surface area contributed by atoms with Crippen molar-refractivity contribution in [2.75, 3.05) is 138 Å². The summed E-state index contributed by atoms with van der Waals surface area (Å²) in [5, 5.41) is 70.6. The van der Waals surface area contributed by atoms with E-state index in [9.17, 15) is 43.2 Å². The Morgan fingerprint density at radius 3 is 0.882 bits per heavy atom. The number of nitriles is 6. The van der Waals surface area contributed by atoms with Crippen molar-refractivity contribution in [1.29, 1.82) is 31.6 Å². The topological polar surface area (TPSA) is 442 Å². The maximum Gasteiger partial charge on any atom is 0.407 e. The number of amides is 8. The van der Waals surface area contributed by atoms with Gasteiger partial charge in [0.25, 0.3) is 37.5 Å². The van der Waals surface area contributed by atoms with Gasteiger partial charge in [0, 0.05) is 84.8 Å². The average Bonchev–Trinajstić information content (AvgIpc) is 0.891. The second-order valence-electron chi connectivity index (χ2n) is 27.6. The summed E-state index contributed by atoms with van der Waals surface area (Å²) >= 11 is 0. The molecule has 0 fully saturated rings. The molecule has 0 atom stereocenters. The Labute approximate surface area is 708 Å². The summed E-state index contributed by atoms with van der Waals surface area (Å²) in [6, 6.07) is 0. The Balaban J connectivity index is -0.00000170. The Bertz CT molecular complexity index is 2580. The van der Waals surface area contributed by atoms with Gasteiger partial charge in [-0.2, -0.15) is 31.6 Å². The molecule has 0 aliphatic carbocycles. The molecule has 119 heavy (non-hydrogen) atoms. The fourth-order valence-electron chi connectivity index (χ4n) is 11.6. The monoisotopic (exact) mass is 1680 g/mol. The van der Waals surface area contributed by atoms with Crippen molar-refractivity contribution in [2.24, 2.45) is 0 Å². The molecule has 0 aromatic carbocycles. The summed E-state index contributed by atoms with van der Waals surface area (Å²) in [6.07, 6.45) is 50.0. The highest BCUT2D eigenvalue weighted by atomic mass is 17.2. The first kappa shape index (κ1) is 113. The number of carbonyl (C=O) groups excluding carboxylic acids is 9. The maximum absolute atomic E-state index is 12.0. The molecule has 0 aliphatic heterocycles. The lowest BCUT2D eigenvalue weighted by Crippen LogP contribution is -2.53. The van der Waals surface area contributed by atoms with Crippen LogP contribution in [0.15, 0.2) is 37.5 Å². The van der Waals surface area contributed by atoms with E-state index >= 15 is 0 Å². The molecule has 0 bridgehead atoms. The summed E-state index contributed by atoms with van der Waals surface area (Å²) in [6.45, 7) is 21.1. The third-order valence-corrected chi connectivity index (χ3v) is 17.8. The van der Waals surface area contributed by atoms with Crippen LogP contribution in [0.25, 0.3) is 0 Å². The minimum Gasteiger partial charge on any atom is -0.461 e. The number of nitrogens with zero attached hydrogens (tertiary/aromatic N) is 15. The Morgan fingerprint density at radius 1 is 0.319 bits per heavy atom. The molecule has 0 saturated carbocycles. The number of nitrogens with one attached hydrogen (secondary N) is 2. The number of alkyl carbamates (subject to hydrolysis) is 1. The number of carbonyl (C=O) groups is 9. The molecule has 0 aliphatic rings. The Kier molecular flexibility index (Phi) is 87.0. The molecule has 0 spiro atoms. The van der Waals surface area contributed by atoms with E-state index in [-0.39, 0.29) is 38.3 Å². The van der Waals surface area contributed by atoms with Gasteiger partial charge in [-0.25, -0.2) is 14.6 Å². The van der Waals surface area contributed by atoms with Crippen LogP contribution in [-0.4, -0.2) is 240 Å². The molecule has 0 unspecified atom stereocenters. The molecular formula is C83H141N17O19. The quantitative estimate of drug-likeness (QED) is 0.0109. The van der Waals surface area contributed by atoms with Gasteiger partial charge in [-0.1, -0.05) is 121 Å². The Morgan fingerprint density at radius 2 is 0.597 bits per heavy atom. The van der Waals surface area contributed by atoms with E-state index in [2.05, 4.69) is 49.3 Å². The van der Waals surface area contributed by atoms with E-state index in [0.29, 0.717) is 124 Å². The van der Waals surface area contributed by atoms with Crippen molar-refractivity contribution in [3.8, 4) is 37.5 Å². The van der Waals surface area contributed by atoms with Crippen LogP contribution in [0.5, 0.6) is 0 Å². The minimum atomic E-state index is -0.520. The van der Waals surface area contributed by atoms with E-state index in [4.69, 9.17) is 60.3 Å². The highest BCUT2D eigenvalue weighted by Gasteiger charge is 2.24. The second-order valence-corrected chi connectivity index (χ2v) is 27.6. The van der Waals surface area contributed by atoms with Crippen molar-refractivity contribution >= 4 is 56.4 Å². The van der Waals surface area contributed by atoms with Crippen LogP contribution in [0.3, 0.4) is 0 Å². The van der Waals surface area contributed by atoms with Crippen molar-refractivity contribution in [1.82, 2.24) is 56.0 Å². The lowest BCUT2D eigenvalue weighted by Gasteiger charge is -2.38. The van der Waals surface area contributed by atoms with E-state index in [1.165, 1.54) is 0 Å². The summed E-state index contributed by atoms with van der Waals surface area (Å²) in [7, 11) is 0. The molecule has 0 radical (unpaired) electrons. The average molecular weight is 1680 g/mol. The van der Waals surface area contributed by atoms with Crippen molar-refractivity contribution < 1.29 is 90.8 Å². The molecule has 36 heteroatoms. The number of rotatable bonds is 87. The second kappa shape index (κ2) is 91.7. The molecule has 672 valence electrons. The molecule has 0 aromatic rings. The molecule has 8 amide bonds. The lowest BCUT2D eigenvalue weighted by molar-refractivity contribution is -0.290. The van der Waals surface area contributed by atoms with Crippen LogP contribution < -0.4 is 10.6 Å². The van der Waals surface area contributed by atoms with Crippen LogP contribution in [-0.2, 0) is 86.0 Å². The van der Waals surface area contributed by atoms with E-state index < -0.39 is 6.09 Å². The van der Waals surface area contributed by atoms with Gasteiger partial charge in [0.05, 0.1) is 0 Å². The fraction of sp³-hybridized carbons (Fsp3) is 0.747. The van der Waals surface area contributed by atoms with Gasteiger partial charge in [-0.3, -0.25) is 68.4 Å². The van der Waals surface area contributed by atoms with E-state index in [1.54, 1.807) is 95.1 Å². The molecule has 36 nitrogen and oxygen atoms in total. The molecule has 0 rings (SSSR count). The van der Waals surface area contributed by atoms with E-state index in [1.807, 2.05) is 6.92 Å². The maximum atomic E-state index is 12.0.